The van der Waals surface area contributed by atoms with Gasteiger partial charge < -0.3 is 26.6 Å². The van der Waals surface area contributed by atoms with Crippen LogP contribution in [0, 0.1) is 0 Å². The lowest BCUT2D eigenvalue weighted by Crippen LogP contribution is -2.54. The van der Waals surface area contributed by atoms with Crippen molar-refractivity contribution in [3.8, 4) is 0 Å². The molecular formula is C12H21N3O6S. The van der Waals surface area contributed by atoms with E-state index in [0.29, 0.717) is 5.75 Å². The number of hydrogen-bond donors (Lipinski definition) is 5. The van der Waals surface area contributed by atoms with Gasteiger partial charge >= 0.3 is 11.9 Å². The summed E-state index contributed by atoms with van der Waals surface area (Å²) < 4.78 is 0. The van der Waals surface area contributed by atoms with Crippen LogP contribution in [-0.2, 0) is 19.2 Å². The molecule has 22 heavy (non-hydrogen) atoms. The molecule has 0 heterocycles. The Morgan fingerprint density at radius 2 is 1.64 bits per heavy atom. The fourth-order valence-corrected chi connectivity index (χ4v) is 1.92. The third-order valence-corrected chi connectivity index (χ3v) is 3.29. The predicted octanol–water partition coefficient (Wildman–Crippen LogP) is -1.38. The number of nitrogens with two attached hydrogens (primary N) is 1. The molecule has 0 fully saturated rings. The number of carbonyl (C=O) groups excluding carboxylic acids is 2. The fraction of sp³-hybridized carbons (Fsp3) is 0.667. The van der Waals surface area contributed by atoms with E-state index in [4.69, 9.17) is 15.9 Å². The van der Waals surface area contributed by atoms with Gasteiger partial charge in [-0.05, 0) is 25.4 Å². The van der Waals surface area contributed by atoms with Gasteiger partial charge in [0, 0.05) is 0 Å². The van der Waals surface area contributed by atoms with Crippen LogP contribution in [0.25, 0.3) is 0 Å². The van der Waals surface area contributed by atoms with Crippen molar-refractivity contribution in [2.75, 3.05) is 12.0 Å². The minimum Gasteiger partial charge on any atom is -0.481 e. The maximum atomic E-state index is 12.0. The number of carbonyl (C=O) groups is 4. The van der Waals surface area contributed by atoms with Gasteiger partial charge in [-0.15, -0.1) is 0 Å². The second-order valence-corrected chi connectivity index (χ2v) is 5.61. The summed E-state index contributed by atoms with van der Waals surface area (Å²) in [6.45, 7) is 1.38. The Hall–Kier alpha value is -1.81. The zero-order valence-corrected chi connectivity index (χ0v) is 13.2. The largest absolute Gasteiger partial charge is 0.481 e. The van der Waals surface area contributed by atoms with E-state index in [2.05, 4.69) is 10.6 Å². The van der Waals surface area contributed by atoms with Crippen LogP contribution in [0.5, 0.6) is 0 Å². The Bertz CT molecular complexity index is 429. The van der Waals surface area contributed by atoms with Gasteiger partial charge in [0.25, 0.3) is 0 Å². The van der Waals surface area contributed by atoms with Crippen LogP contribution in [0.15, 0.2) is 0 Å². The molecule has 2 amide bonds. The number of aliphatic carboxylic acids is 2. The first kappa shape index (κ1) is 20.2. The monoisotopic (exact) mass is 335 g/mol. The molecule has 0 aromatic carbocycles. The summed E-state index contributed by atoms with van der Waals surface area (Å²) in [6.07, 6.45) is 1.30. The molecule has 0 aliphatic carbocycles. The molecule has 0 aromatic heterocycles. The number of rotatable bonds is 10. The lowest BCUT2D eigenvalue weighted by molar-refractivity contribution is -0.143. The van der Waals surface area contributed by atoms with Gasteiger partial charge in [-0.3, -0.25) is 14.4 Å². The van der Waals surface area contributed by atoms with Gasteiger partial charge in [0.1, 0.15) is 12.1 Å². The number of hydrogen-bond acceptors (Lipinski definition) is 6. The molecule has 3 atom stereocenters. The minimum absolute atomic E-state index is 0.184. The van der Waals surface area contributed by atoms with E-state index < -0.39 is 48.3 Å². The highest BCUT2D eigenvalue weighted by Crippen LogP contribution is 2.03. The van der Waals surface area contributed by atoms with Crippen molar-refractivity contribution in [1.82, 2.24) is 10.6 Å². The van der Waals surface area contributed by atoms with Crippen LogP contribution in [0.1, 0.15) is 19.8 Å². The van der Waals surface area contributed by atoms with Gasteiger partial charge in [-0.25, -0.2) is 4.79 Å². The molecule has 0 saturated carbocycles. The summed E-state index contributed by atoms with van der Waals surface area (Å²) in [6, 6.07) is -3.45. The van der Waals surface area contributed by atoms with Crippen LogP contribution in [0.2, 0.25) is 0 Å². The van der Waals surface area contributed by atoms with Crippen LogP contribution < -0.4 is 16.4 Å². The molecule has 0 rings (SSSR count). The average molecular weight is 335 g/mol. The molecule has 0 aliphatic heterocycles. The van der Waals surface area contributed by atoms with E-state index in [1.165, 1.54) is 18.7 Å². The highest BCUT2D eigenvalue weighted by Gasteiger charge is 2.28. The number of thioether (sulfide) groups is 1. The van der Waals surface area contributed by atoms with Crippen LogP contribution >= 0.6 is 11.8 Å². The van der Waals surface area contributed by atoms with E-state index in [-0.39, 0.29) is 6.42 Å². The van der Waals surface area contributed by atoms with E-state index >= 15 is 0 Å². The second kappa shape index (κ2) is 10.0. The third kappa shape index (κ3) is 7.84. The molecule has 9 nitrogen and oxygen atoms in total. The molecule has 0 aliphatic rings. The number of carboxylic acid groups (broad SMARTS) is 2. The summed E-state index contributed by atoms with van der Waals surface area (Å²) in [5, 5.41) is 22.2. The maximum Gasteiger partial charge on any atom is 0.326 e. The molecule has 0 bridgehead atoms. The minimum atomic E-state index is -1.38. The van der Waals surface area contributed by atoms with Crippen LogP contribution in [0.4, 0.5) is 0 Å². The first-order valence-corrected chi connectivity index (χ1v) is 7.88. The Balaban J connectivity index is 4.89. The predicted molar refractivity (Wildman–Crippen MR) is 80.4 cm³/mol. The average Bonchev–Trinajstić information content (AvgIpc) is 2.41. The van der Waals surface area contributed by atoms with E-state index in [1.54, 1.807) is 6.26 Å². The molecule has 0 spiro atoms. The fourth-order valence-electron chi connectivity index (χ4n) is 1.45. The number of amides is 2. The van der Waals surface area contributed by atoms with Gasteiger partial charge in [-0.2, -0.15) is 11.8 Å². The van der Waals surface area contributed by atoms with Crippen molar-refractivity contribution in [2.24, 2.45) is 5.73 Å². The smallest absolute Gasteiger partial charge is 0.326 e. The first-order valence-electron chi connectivity index (χ1n) is 6.48. The highest BCUT2D eigenvalue weighted by atomic mass is 32.2. The lowest BCUT2D eigenvalue weighted by atomic mass is 10.1. The summed E-state index contributed by atoms with van der Waals surface area (Å²) in [4.78, 5) is 45.4. The molecular weight excluding hydrogens is 314 g/mol. The second-order valence-electron chi connectivity index (χ2n) is 4.63. The van der Waals surface area contributed by atoms with Gasteiger partial charge in [0.15, 0.2) is 0 Å². The maximum absolute atomic E-state index is 12.0. The number of nitrogens with one attached hydrogen (secondary N) is 2. The first-order chi connectivity index (χ1) is 10.2. The standard InChI is InChI=1S/C12H21N3O6S/c1-6(13)10(18)15-8(5-9(16)17)11(19)14-7(12(20)21)3-4-22-2/h6-8H,3-5,13H2,1-2H3,(H,14,19)(H,15,18)(H,16,17)(H,20,21)/t6-,7-,8-/m0/s1. The van der Waals surface area contributed by atoms with Gasteiger partial charge in [-0.1, -0.05) is 0 Å². The number of carboxylic acids is 2. The van der Waals surface area contributed by atoms with E-state index in [9.17, 15) is 19.2 Å². The Labute approximate surface area is 132 Å². The van der Waals surface area contributed by atoms with E-state index in [1.807, 2.05) is 0 Å². The van der Waals surface area contributed by atoms with Crippen molar-refractivity contribution in [3.05, 3.63) is 0 Å². The molecule has 0 unspecified atom stereocenters. The van der Waals surface area contributed by atoms with Gasteiger partial charge in [0.05, 0.1) is 12.5 Å². The Morgan fingerprint density at radius 1 is 1.09 bits per heavy atom. The molecule has 0 radical (unpaired) electrons. The van der Waals surface area contributed by atoms with Crippen molar-refractivity contribution in [1.29, 1.82) is 0 Å². The third-order valence-electron chi connectivity index (χ3n) is 2.65. The van der Waals surface area contributed by atoms with Gasteiger partial charge in [0.2, 0.25) is 11.8 Å². The Morgan fingerprint density at radius 3 is 2.05 bits per heavy atom. The lowest BCUT2D eigenvalue weighted by Gasteiger charge is -2.21. The van der Waals surface area contributed by atoms with Crippen molar-refractivity contribution >= 4 is 35.5 Å². The van der Waals surface area contributed by atoms with Crippen molar-refractivity contribution in [2.45, 2.75) is 37.9 Å². The Kier molecular flexibility index (Phi) is 9.18. The summed E-state index contributed by atoms with van der Waals surface area (Å²) in [7, 11) is 0. The normalized spacial score (nSPS) is 14.5. The zero-order valence-electron chi connectivity index (χ0n) is 12.4. The molecule has 10 heteroatoms. The summed E-state index contributed by atoms with van der Waals surface area (Å²) in [5.74, 6) is -3.59. The summed E-state index contributed by atoms with van der Waals surface area (Å²) in [5.41, 5.74) is 5.34. The van der Waals surface area contributed by atoms with Crippen molar-refractivity contribution in [3.63, 3.8) is 0 Å². The quantitative estimate of drug-likeness (QED) is 0.326. The highest BCUT2D eigenvalue weighted by molar-refractivity contribution is 7.98. The molecule has 0 saturated heterocycles. The molecule has 126 valence electrons. The molecule has 0 aromatic rings. The van der Waals surface area contributed by atoms with Crippen LogP contribution in [0.3, 0.4) is 0 Å². The van der Waals surface area contributed by atoms with Crippen LogP contribution in [-0.4, -0.2) is 64.1 Å². The summed E-state index contributed by atoms with van der Waals surface area (Å²) >= 11 is 1.41. The topological polar surface area (TPSA) is 159 Å². The molecule has 6 N–H and O–H groups in total. The SMILES string of the molecule is CSCC[C@H](NC(=O)[C@H](CC(=O)O)NC(=O)[C@H](C)N)C(=O)O. The van der Waals surface area contributed by atoms with Crippen molar-refractivity contribution < 1.29 is 29.4 Å². The zero-order chi connectivity index (χ0) is 17.3. The van der Waals surface area contributed by atoms with E-state index in [0.717, 1.165) is 0 Å².